The van der Waals surface area contributed by atoms with E-state index in [4.69, 9.17) is 33.7 Å². The molecule has 1 aromatic heterocycles. The van der Waals surface area contributed by atoms with Crippen LogP contribution in [0.15, 0.2) is 30.5 Å². The molecule has 1 heterocycles. The Bertz CT molecular complexity index is 669. The van der Waals surface area contributed by atoms with Crippen molar-refractivity contribution in [3.05, 3.63) is 56.2 Å². The van der Waals surface area contributed by atoms with E-state index in [1.54, 1.807) is 18.3 Å². The summed E-state index contributed by atoms with van der Waals surface area (Å²) in [5.41, 5.74) is 6.39. The van der Waals surface area contributed by atoms with Crippen LogP contribution in [-0.2, 0) is 0 Å². The van der Waals surface area contributed by atoms with Gasteiger partial charge < -0.3 is 10.5 Å². The second-order valence-corrected chi connectivity index (χ2v) is 5.13. The molecule has 1 unspecified atom stereocenters. The number of hydrogen-bond acceptors (Lipinski definition) is 5. The molecule has 1 aromatic carbocycles. The average Bonchev–Trinajstić information content (AvgIpc) is 2.42. The van der Waals surface area contributed by atoms with Gasteiger partial charge in [0.15, 0.2) is 5.75 Å². The molecule has 2 rings (SSSR count). The minimum absolute atomic E-state index is 0.0298. The summed E-state index contributed by atoms with van der Waals surface area (Å²) in [6.07, 6.45) is 1.54. The summed E-state index contributed by atoms with van der Waals surface area (Å²) in [5.74, 6) is 0.362. The zero-order chi connectivity index (χ0) is 15.6. The van der Waals surface area contributed by atoms with E-state index in [2.05, 4.69) is 4.98 Å². The Morgan fingerprint density at radius 3 is 2.48 bits per heavy atom. The van der Waals surface area contributed by atoms with Crippen molar-refractivity contribution in [2.45, 2.75) is 13.0 Å². The molecule has 2 aromatic rings. The maximum atomic E-state index is 10.7. The number of rotatable bonds is 4. The summed E-state index contributed by atoms with van der Waals surface area (Å²) in [4.78, 5) is 14.2. The summed E-state index contributed by atoms with van der Waals surface area (Å²) < 4.78 is 5.51. The molecule has 0 amide bonds. The molecule has 8 heteroatoms. The summed E-state index contributed by atoms with van der Waals surface area (Å²) in [6.45, 7) is 1.82. The fourth-order valence-corrected chi connectivity index (χ4v) is 2.17. The van der Waals surface area contributed by atoms with Gasteiger partial charge in [-0.05, 0) is 18.6 Å². The molecule has 0 aliphatic rings. The van der Waals surface area contributed by atoms with Crippen molar-refractivity contribution in [3.63, 3.8) is 0 Å². The first-order chi connectivity index (χ1) is 9.88. The molecule has 0 aliphatic heterocycles. The van der Waals surface area contributed by atoms with Crippen LogP contribution in [0.25, 0.3) is 0 Å². The first kappa shape index (κ1) is 15.5. The van der Waals surface area contributed by atoms with Crippen molar-refractivity contribution in [1.82, 2.24) is 4.98 Å². The molecule has 0 spiro atoms. The van der Waals surface area contributed by atoms with Crippen LogP contribution in [0.5, 0.6) is 11.6 Å². The van der Waals surface area contributed by atoms with E-state index in [1.807, 2.05) is 6.92 Å². The lowest BCUT2D eigenvalue weighted by molar-refractivity contribution is -0.384. The number of halogens is 2. The van der Waals surface area contributed by atoms with Crippen molar-refractivity contribution < 1.29 is 9.66 Å². The molecule has 110 valence electrons. The first-order valence-corrected chi connectivity index (χ1v) is 6.67. The van der Waals surface area contributed by atoms with Crippen molar-refractivity contribution in [2.75, 3.05) is 0 Å². The highest BCUT2D eigenvalue weighted by Crippen LogP contribution is 2.39. The van der Waals surface area contributed by atoms with Gasteiger partial charge in [-0.15, -0.1) is 0 Å². The molecule has 0 radical (unpaired) electrons. The molecule has 1 atom stereocenters. The maximum absolute atomic E-state index is 10.7. The van der Waals surface area contributed by atoms with E-state index in [9.17, 15) is 10.1 Å². The van der Waals surface area contributed by atoms with Gasteiger partial charge in [0.25, 0.3) is 5.69 Å². The number of nitrogens with zero attached hydrogens (tertiary/aromatic N) is 2. The zero-order valence-electron chi connectivity index (χ0n) is 10.9. The predicted molar refractivity (Wildman–Crippen MR) is 80.0 cm³/mol. The molecule has 6 nitrogen and oxygen atoms in total. The number of pyridine rings is 1. The predicted octanol–water partition coefficient (Wildman–Crippen LogP) is 4.11. The van der Waals surface area contributed by atoms with Gasteiger partial charge >= 0.3 is 0 Å². The number of hydrogen-bond donors (Lipinski definition) is 1. The highest BCUT2D eigenvalue weighted by atomic mass is 35.5. The van der Waals surface area contributed by atoms with Crippen LogP contribution >= 0.6 is 23.2 Å². The minimum Gasteiger partial charge on any atom is -0.436 e. The number of non-ortho nitro benzene ring substituents is 1. The van der Waals surface area contributed by atoms with Crippen molar-refractivity contribution in [3.8, 4) is 11.6 Å². The fraction of sp³-hybridized carbons (Fsp3) is 0.154. The van der Waals surface area contributed by atoms with Gasteiger partial charge in [-0.3, -0.25) is 10.1 Å². The minimum atomic E-state index is -0.587. The van der Waals surface area contributed by atoms with Crippen molar-refractivity contribution >= 4 is 28.9 Å². The van der Waals surface area contributed by atoms with Crippen LogP contribution in [0, 0.1) is 10.1 Å². The standard InChI is InChI=1S/C13H11Cl2N3O3/c1-7(16)8-2-3-17-12(4-8)21-13-10(14)5-9(18(19)20)6-11(13)15/h2-7H,16H2,1H3. The third-order valence-corrected chi connectivity index (χ3v) is 3.25. The third kappa shape index (κ3) is 3.60. The lowest BCUT2D eigenvalue weighted by Gasteiger charge is -2.11. The Balaban J connectivity index is 2.36. The highest BCUT2D eigenvalue weighted by Gasteiger charge is 2.17. The van der Waals surface area contributed by atoms with Gasteiger partial charge in [-0.2, -0.15) is 0 Å². The van der Waals surface area contributed by atoms with E-state index >= 15 is 0 Å². The van der Waals surface area contributed by atoms with E-state index in [0.717, 1.165) is 17.7 Å². The Hall–Kier alpha value is -1.89. The SMILES string of the molecule is CC(N)c1ccnc(Oc2c(Cl)cc([N+](=O)[O-])cc2Cl)c1. The summed E-state index contributed by atoms with van der Waals surface area (Å²) in [6, 6.07) is 5.56. The quantitative estimate of drug-likeness (QED) is 0.673. The largest absolute Gasteiger partial charge is 0.436 e. The summed E-state index contributed by atoms with van der Waals surface area (Å²) in [5, 5.41) is 10.8. The Labute approximate surface area is 130 Å². The second kappa shape index (κ2) is 6.26. The van der Waals surface area contributed by atoms with Gasteiger partial charge in [0.05, 0.1) is 15.0 Å². The van der Waals surface area contributed by atoms with Gasteiger partial charge in [0.1, 0.15) is 0 Å². The van der Waals surface area contributed by atoms with E-state index in [-0.39, 0.29) is 33.4 Å². The Kier molecular flexibility index (Phi) is 4.62. The molecule has 2 N–H and O–H groups in total. The van der Waals surface area contributed by atoms with Crippen LogP contribution in [-0.4, -0.2) is 9.91 Å². The molecule has 0 saturated heterocycles. The topological polar surface area (TPSA) is 91.3 Å². The van der Waals surface area contributed by atoms with Gasteiger partial charge in [0, 0.05) is 30.4 Å². The Morgan fingerprint density at radius 1 is 1.33 bits per heavy atom. The lowest BCUT2D eigenvalue weighted by atomic mass is 10.1. The fourth-order valence-electron chi connectivity index (χ4n) is 1.62. The van der Waals surface area contributed by atoms with Gasteiger partial charge in [-0.1, -0.05) is 23.2 Å². The first-order valence-electron chi connectivity index (χ1n) is 5.91. The highest BCUT2D eigenvalue weighted by molar-refractivity contribution is 6.37. The Morgan fingerprint density at radius 2 is 1.95 bits per heavy atom. The van der Waals surface area contributed by atoms with Crippen LogP contribution < -0.4 is 10.5 Å². The van der Waals surface area contributed by atoms with Gasteiger partial charge in [-0.25, -0.2) is 4.98 Å². The second-order valence-electron chi connectivity index (χ2n) is 4.31. The van der Waals surface area contributed by atoms with Crippen LogP contribution in [0.1, 0.15) is 18.5 Å². The lowest BCUT2D eigenvalue weighted by Crippen LogP contribution is -2.05. The normalized spacial score (nSPS) is 12.0. The average molecular weight is 328 g/mol. The smallest absolute Gasteiger partial charge is 0.272 e. The summed E-state index contributed by atoms with van der Waals surface area (Å²) in [7, 11) is 0. The van der Waals surface area contributed by atoms with Crippen LogP contribution in [0.4, 0.5) is 5.69 Å². The van der Waals surface area contributed by atoms with Crippen LogP contribution in [0.2, 0.25) is 10.0 Å². The number of benzene rings is 1. The number of aromatic nitrogens is 1. The summed E-state index contributed by atoms with van der Waals surface area (Å²) >= 11 is 11.9. The van der Waals surface area contributed by atoms with Gasteiger partial charge in [0.2, 0.25) is 5.88 Å². The van der Waals surface area contributed by atoms with Crippen LogP contribution in [0.3, 0.4) is 0 Å². The number of nitro groups is 1. The third-order valence-electron chi connectivity index (χ3n) is 2.69. The maximum Gasteiger partial charge on any atom is 0.272 e. The number of nitro benzene ring substituents is 1. The number of ether oxygens (including phenoxy) is 1. The zero-order valence-corrected chi connectivity index (χ0v) is 12.4. The molecule has 21 heavy (non-hydrogen) atoms. The molecule has 0 fully saturated rings. The van der Waals surface area contributed by atoms with Crippen molar-refractivity contribution in [2.24, 2.45) is 5.73 Å². The monoisotopic (exact) mass is 327 g/mol. The molecule has 0 bridgehead atoms. The van der Waals surface area contributed by atoms with E-state index < -0.39 is 4.92 Å². The van der Waals surface area contributed by atoms with E-state index in [1.165, 1.54) is 0 Å². The molecular weight excluding hydrogens is 317 g/mol. The molecule has 0 saturated carbocycles. The molecule has 0 aliphatic carbocycles. The molecular formula is C13H11Cl2N3O3. The van der Waals surface area contributed by atoms with E-state index in [0.29, 0.717) is 0 Å². The van der Waals surface area contributed by atoms with Crippen molar-refractivity contribution in [1.29, 1.82) is 0 Å². The number of nitrogens with two attached hydrogens (primary N) is 1.